The van der Waals surface area contributed by atoms with Crippen molar-refractivity contribution in [3.8, 4) is 0 Å². The maximum absolute atomic E-state index is 12.5. The number of nitrogens with one attached hydrogen (secondary N) is 2. The van der Waals surface area contributed by atoms with Crippen LogP contribution in [0.4, 0.5) is 0 Å². The molecule has 8 nitrogen and oxygen atoms in total. The summed E-state index contributed by atoms with van der Waals surface area (Å²) in [6, 6.07) is -1.50. The van der Waals surface area contributed by atoms with Gasteiger partial charge in [0.05, 0.1) is 18.3 Å². The van der Waals surface area contributed by atoms with Crippen LogP contribution >= 0.6 is 7.37 Å². The summed E-state index contributed by atoms with van der Waals surface area (Å²) in [6.45, 7) is 7.11. The molecule has 1 aliphatic carbocycles. The Morgan fingerprint density at radius 3 is 2.17 bits per heavy atom. The molecule has 2 amide bonds. The molecule has 0 aliphatic heterocycles. The lowest BCUT2D eigenvalue weighted by molar-refractivity contribution is -0.131. The average molecular weight is 434 g/mol. The Bertz CT molecular complexity index is 578. The van der Waals surface area contributed by atoms with E-state index in [1.165, 1.54) is 6.42 Å². The molecule has 1 aliphatic rings. The second kappa shape index (κ2) is 12.0. The van der Waals surface area contributed by atoms with Gasteiger partial charge >= 0.3 is 0 Å². The molecule has 1 saturated carbocycles. The van der Waals surface area contributed by atoms with Crippen LogP contribution in [0.1, 0.15) is 59.8 Å². The Labute approximate surface area is 174 Å². The number of rotatable bonds is 11. The fraction of sp³-hybridized carbons (Fsp3) is 0.900. The third-order valence-corrected chi connectivity index (χ3v) is 7.62. The van der Waals surface area contributed by atoms with E-state index in [1.807, 2.05) is 13.8 Å². The van der Waals surface area contributed by atoms with Crippen LogP contribution < -0.4 is 16.4 Å². The van der Waals surface area contributed by atoms with Crippen molar-refractivity contribution in [2.75, 3.05) is 18.9 Å². The second-order valence-electron chi connectivity index (χ2n) is 9.11. The number of hydrogen-bond donors (Lipinski definition) is 5. The Kier molecular flexibility index (Phi) is 10.8. The van der Waals surface area contributed by atoms with E-state index in [2.05, 4.69) is 10.6 Å². The molecule has 4 atom stereocenters. The van der Waals surface area contributed by atoms with Gasteiger partial charge in [-0.15, -0.1) is 0 Å². The normalized spacial score (nSPS) is 20.7. The van der Waals surface area contributed by atoms with Gasteiger partial charge in [0.15, 0.2) is 0 Å². The molecule has 3 unspecified atom stereocenters. The van der Waals surface area contributed by atoms with Gasteiger partial charge < -0.3 is 26.4 Å². The van der Waals surface area contributed by atoms with E-state index in [0.717, 1.165) is 25.7 Å². The highest BCUT2D eigenvalue weighted by Gasteiger charge is 2.30. The topological polar surface area (TPSA) is 142 Å². The number of aliphatic hydroxyl groups is 1. The third-order valence-electron chi connectivity index (χ3n) is 5.54. The molecular formula is C20H40N3O5P. The predicted octanol–water partition coefficient (Wildman–Crippen LogP) is 1.44. The summed E-state index contributed by atoms with van der Waals surface area (Å²) in [5.74, 6) is -0.835. The quantitative estimate of drug-likeness (QED) is 0.312. The zero-order valence-corrected chi connectivity index (χ0v) is 19.2. The molecule has 0 radical (unpaired) electrons. The van der Waals surface area contributed by atoms with Crippen LogP contribution in [0.25, 0.3) is 0 Å². The summed E-state index contributed by atoms with van der Waals surface area (Å²) in [4.78, 5) is 34.9. The van der Waals surface area contributed by atoms with Gasteiger partial charge in [-0.3, -0.25) is 14.2 Å². The number of aliphatic hydroxyl groups excluding tert-OH is 1. The van der Waals surface area contributed by atoms with Crippen LogP contribution in [0, 0.1) is 17.8 Å². The van der Waals surface area contributed by atoms with Gasteiger partial charge in [-0.1, -0.05) is 47.0 Å². The van der Waals surface area contributed by atoms with E-state index >= 15 is 0 Å². The zero-order chi connectivity index (χ0) is 22.2. The Hall–Kier alpha value is -0.950. The van der Waals surface area contributed by atoms with Gasteiger partial charge in [-0.25, -0.2) is 0 Å². The van der Waals surface area contributed by atoms with Crippen molar-refractivity contribution in [2.45, 2.75) is 78.0 Å². The monoisotopic (exact) mass is 433 g/mol. The number of hydrogen-bond acceptors (Lipinski definition) is 5. The Morgan fingerprint density at radius 1 is 1.07 bits per heavy atom. The van der Waals surface area contributed by atoms with E-state index in [0.29, 0.717) is 0 Å². The van der Waals surface area contributed by atoms with Crippen LogP contribution in [-0.4, -0.2) is 58.9 Å². The standard InChI is InChI=1S/C20H40N3O5P/c1-13(2)17(21)19(25)23-18(14(3)4)20(26)22-10-16(24)12-29(27,28)11-15-8-6-5-7-9-15/h13-18,24H,5-12,21H2,1-4H3,(H,22,26)(H,23,25)(H,27,28)/t16-,17?,18?/m1/s1. The molecule has 0 aromatic carbocycles. The van der Waals surface area contributed by atoms with Crippen molar-refractivity contribution in [1.82, 2.24) is 10.6 Å². The first-order valence-corrected chi connectivity index (χ1v) is 12.8. The number of nitrogens with two attached hydrogens (primary N) is 1. The maximum Gasteiger partial charge on any atom is 0.242 e. The maximum atomic E-state index is 12.5. The molecular weight excluding hydrogens is 393 g/mol. The molecule has 0 bridgehead atoms. The lowest BCUT2D eigenvalue weighted by atomic mass is 9.91. The molecule has 0 saturated heterocycles. The molecule has 0 spiro atoms. The Morgan fingerprint density at radius 2 is 1.66 bits per heavy atom. The van der Waals surface area contributed by atoms with Gasteiger partial charge in [0.1, 0.15) is 6.04 Å². The molecule has 29 heavy (non-hydrogen) atoms. The largest absolute Gasteiger partial charge is 0.391 e. The van der Waals surface area contributed by atoms with Crippen LogP contribution in [0.15, 0.2) is 0 Å². The molecule has 1 fully saturated rings. The van der Waals surface area contributed by atoms with Crippen molar-refractivity contribution in [3.63, 3.8) is 0 Å². The third kappa shape index (κ3) is 9.60. The first-order valence-electron chi connectivity index (χ1n) is 10.8. The summed E-state index contributed by atoms with van der Waals surface area (Å²) >= 11 is 0. The molecule has 9 heteroatoms. The zero-order valence-electron chi connectivity index (χ0n) is 18.3. The van der Waals surface area contributed by atoms with Gasteiger partial charge in [0.25, 0.3) is 0 Å². The van der Waals surface area contributed by atoms with Gasteiger partial charge in [0, 0.05) is 12.7 Å². The molecule has 0 heterocycles. The molecule has 170 valence electrons. The van der Waals surface area contributed by atoms with Crippen molar-refractivity contribution in [3.05, 3.63) is 0 Å². The van der Waals surface area contributed by atoms with Crippen LogP contribution in [0.2, 0.25) is 0 Å². The smallest absolute Gasteiger partial charge is 0.242 e. The fourth-order valence-electron chi connectivity index (χ4n) is 3.66. The first kappa shape index (κ1) is 26.1. The number of carbonyl (C=O) groups excluding carboxylic acids is 2. The highest BCUT2D eigenvalue weighted by atomic mass is 31.2. The highest BCUT2D eigenvalue weighted by Crippen LogP contribution is 2.45. The van der Waals surface area contributed by atoms with Crippen LogP contribution in [0.3, 0.4) is 0 Å². The second-order valence-corrected chi connectivity index (χ2v) is 11.5. The van der Waals surface area contributed by atoms with E-state index < -0.39 is 37.4 Å². The summed E-state index contributed by atoms with van der Waals surface area (Å²) in [7, 11) is -3.45. The van der Waals surface area contributed by atoms with Gasteiger partial charge in [-0.2, -0.15) is 0 Å². The summed E-state index contributed by atoms with van der Waals surface area (Å²) in [5.41, 5.74) is 5.83. The number of amides is 2. The SMILES string of the molecule is CC(C)C(N)C(=O)NC(C(=O)NC[C@@H](O)CP(=O)(O)CC1CCCCC1)C(C)C. The predicted molar refractivity (Wildman–Crippen MR) is 115 cm³/mol. The minimum Gasteiger partial charge on any atom is -0.391 e. The number of carbonyl (C=O) groups is 2. The van der Waals surface area contributed by atoms with E-state index in [-0.39, 0.29) is 36.6 Å². The lowest BCUT2D eigenvalue weighted by Crippen LogP contribution is -2.55. The molecule has 6 N–H and O–H groups in total. The van der Waals surface area contributed by atoms with Crippen molar-refractivity contribution in [2.24, 2.45) is 23.5 Å². The van der Waals surface area contributed by atoms with Crippen LogP contribution in [-0.2, 0) is 14.2 Å². The van der Waals surface area contributed by atoms with Crippen LogP contribution in [0.5, 0.6) is 0 Å². The van der Waals surface area contributed by atoms with Crippen molar-refractivity contribution < 1.29 is 24.2 Å². The van der Waals surface area contributed by atoms with Crippen molar-refractivity contribution in [1.29, 1.82) is 0 Å². The molecule has 1 rings (SSSR count). The van der Waals surface area contributed by atoms with Crippen molar-refractivity contribution >= 4 is 19.2 Å². The summed E-state index contributed by atoms with van der Waals surface area (Å²) in [6.07, 6.45) is 4.17. The summed E-state index contributed by atoms with van der Waals surface area (Å²) < 4.78 is 12.5. The Balaban J connectivity index is 2.52. The van der Waals surface area contributed by atoms with Gasteiger partial charge in [0.2, 0.25) is 19.2 Å². The van der Waals surface area contributed by atoms with Gasteiger partial charge in [-0.05, 0) is 30.6 Å². The lowest BCUT2D eigenvalue weighted by Gasteiger charge is -2.26. The molecule has 0 aromatic rings. The summed E-state index contributed by atoms with van der Waals surface area (Å²) in [5, 5.41) is 15.4. The minimum absolute atomic E-state index is 0.0597. The minimum atomic E-state index is -3.45. The average Bonchev–Trinajstić information content (AvgIpc) is 2.62. The molecule has 0 aromatic heterocycles. The van der Waals surface area contributed by atoms with E-state index in [1.54, 1.807) is 13.8 Å². The fourth-order valence-corrected chi connectivity index (χ4v) is 5.77. The van der Waals surface area contributed by atoms with E-state index in [9.17, 15) is 24.2 Å². The first-order chi connectivity index (χ1) is 13.4. The van der Waals surface area contributed by atoms with E-state index in [4.69, 9.17) is 5.73 Å². The highest BCUT2D eigenvalue weighted by molar-refractivity contribution is 7.58.